The fourth-order valence-electron chi connectivity index (χ4n) is 1.25. The van der Waals surface area contributed by atoms with Gasteiger partial charge in [-0.1, -0.05) is 58.1 Å². The van der Waals surface area contributed by atoms with Crippen molar-refractivity contribution in [1.29, 1.82) is 0 Å². The molecule has 12 heavy (non-hydrogen) atoms. The molecule has 0 spiro atoms. The molecule has 0 amide bonds. The number of hydrogen-bond acceptors (Lipinski definition) is 0. The lowest BCUT2D eigenvalue weighted by Crippen LogP contribution is -1.77. The maximum absolute atomic E-state index is 3.83. The molecule has 0 aromatic rings. The molecule has 0 rings (SSSR count). The molecule has 0 bridgehead atoms. The molecular formula is C12H23. The summed E-state index contributed by atoms with van der Waals surface area (Å²) in [5, 5.41) is 0. The van der Waals surface area contributed by atoms with Gasteiger partial charge in [0, 0.05) is 0 Å². The predicted molar refractivity (Wildman–Crippen MR) is 57.1 cm³/mol. The van der Waals surface area contributed by atoms with Gasteiger partial charge >= 0.3 is 0 Å². The van der Waals surface area contributed by atoms with Crippen molar-refractivity contribution in [2.45, 2.75) is 58.3 Å². The first kappa shape index (κ1) is 11.7. The Kier molecular flexibility index (Phi) is 10.5. The van der Waals surface area contributed by atoms with Crippen LogP contribution in [0.15, 0.2) is 12.2 Å². The highest BCUT2D eigenvalue weighted by Crippen LogP contribution is 2.06. The molecule has 0 aromatic heterocycles. The van der Waals surface area contributed by atoms with Crippen LogP contribution in [-0.4, -0.2) is 0 Å². The second-order valence-electron chi connectivity index (χ2n) is 3.29. The molecule has 0 fully saturated rings. The minimum atomic E-state index is 1.11. The van der Waals surface area contributed by atoms with Crippen LogP contribution in [0, 0.1) is 6.92 Å². The molecule has 0 N–H and O–H groups in total. The van der Waals surface area contributed by atoms with E-state index >= 15 is 0 Å². The van der Waals surface area contributed by atoms with Crippen LogP contribution in [0.4, 0.5) is 0 Å². The number of rotatable bonds is 8. The molecule has 0 aliphatic carbocycles. The summed E-state index contributed by atoms with van der Waals surface area (Å²) in [7, 11) is 0. The lowest BCUT2D eigenvalue weighted by Gasteiger charge is -1.97. The summed E-state index contributed by atoms with van der Waals surface area (Å²) in [4.78, 5) is 0. The summed E-state index contributed by atoms with van der Waals surface area (Å²) in [5.41, 5.74) is 0. The Morgan fingerprint density at radius 3 is 2.25 bits per heavy atom. The lowest BCUT2D eigenvalue weighted by atomic mass is 10.1. The van der Waals surface area contributed by atoms with Crippen molar-refractivity contribution < 1.29 is 0 Å². The van der Waals surface area contributed by atoms with E-state index < -0.39 is 0 Å². The van der Waals surface area contributed by atoms with E-state index in [1.165, 1.54) is 44.9 Å². The van der Waals surface area contributed by atoms with Crippen LogP contribution in [0.1, 0.15) is 58.3 Å². The molecule has 0 saturated heterocycles. The van der Waals surface area contributed by atoms with Gasteiger partial charge in [0.05, 0.1) is 0 Å². The monoisotopic (exact) mass is 167 g/mol. The van der Waals surface area contributed by atoms with Gasteiger partial charge in [0.15, 0.2) is 0 Å². The van der Waals surface area contributed by atoms with Gasteiger partial charge in [0.1, 0.15) is 0 Å². The zero-order valence-electron chi connectivity index (χ0n) is 8.52. The summed E-state index contributed by atoms with van der Waals surface area (Å²) in [5.74, 6) is 0. The first-order chi connectivity index (χ1) is 5.91. The highest BCUT2D eigenvalue weighted by atomic mass is 13.9. The van der Waals surface area contributed by atoms with Crippen LogP contribution < -0.4 is 0 Å². The number of hydrogen-bond donors (Lipinski definition) is 0. The zero-order chi connectivity index (χ0) is 9.07. The third-order valence-corrected chi connectivity index (χ3v) is 2.02. The van der Waals surface area contributed by atoms with Gasteiger partial charge < -0.3 is 0 Å². The van der Waals surface area contributed by atoms with Crippen LogP contribution in [-0.2, 0) is 0 Å². The molecule has 71 valence electrons. The molecule has 0 unspecified atom stereocenters. The lowest BCUT2D eigenvalue weighted by molar-refractivity contribution is 0.621. The first-order valence-electron chi connectivity index (χ1n) is 5.36. The molecule has 0 heteroatoms. The molecule has 0 aromatic carbocycles. The first-order valence-corrected chi connectivity index (χ1v) is 5.36. The predicted octanol–water partition coefficient (Wildman–Crippen LogP) is 4.52. The van der Waals surface area contributed by atoms with Gasteiger partial charge in [-0.2, -0.15) is 0 Å². The van der Waals surface area contributed by atoms with Crippen molar-refractivity contribution in [3.8, 4) is 0 Å². The van der Waals surface area contributed by atoms with Crippen LogP contribution in [0.5, 0.6) is 0 Å². The summed E-state index contributed by atoms with van der Waals surface area (Å²) < 4.78 is 0. The summed E-state index contributed by atoms with van der Waals surface area (Å²) in [6.45, 7) is 6.02. The molecular weight excluding hydrogens is 144 g/mol. The molecule has 0 aliphatic heterocycles. The van der Waals surface area contributed by atoms with E-state index in [1.807, 2.05) is 0 Å². The Morgan fingerprint density at radius 2 is 1.58 bits per heavy atom. The van der Waals surface area contributed by atoms with Gasteiger partial charge in [-0.3, -0.25) is 0 Å². The molecule has 0 heterocycles. The Hall–Kier alpha value is -0.260. The third kappa shape index (κ3) is 9.74. The Morgan fingerprint density at radius 1 is 0.917 bits per heavy atom. The molecule has 0 nitrogen and oxygen atoms in total. The second kappa shape index (κ2) is 10.7. The molecule has 0 atom stereocenters. The van der Waals surface area contributed by atoms with Gasteiger partial charge in [0.2, 0.25) is 0 Å². The molecule has 1 radical (unpaired) electrons. The fourth-order valence-corrected chi connectivity index (χ4v) is 1.25. The van der Waals surface area contributed by atoms with Crippen LogP contribution >= 0.6 is 0 Å². The van der Waals surface area contributed by atoms with Crippen molar-refractivity contribution >= 4 is 0 Å². The van der Waals surface area contributed by atoms with Crippen molar-refractivity contribution in [2.75, 3.05) is 0 Å². The van der Waals surface area contributed by atoms with E-state index in [4.69, 9.17) is 0 Å². The summed E-state index contributed by atoms with van der Waals surface area (Å²) >= 11 is 0. The van der Waals surface area contributed by atoms with E-state index in [1.54, 1.807) is 0 Å². The summed E-state index contributed by atoms with van der Waals surface area (Å²) in [6, 6.07) is 0. The smallest absolute Gasteiger partial charge is 0.0351 e. The van der Waals surface area contributed by atoms with Crippen molar-refractivity contribution in [3.63, 3.8) is 0 Å². The van der Waals surface area contributed by atoms with Gasteiger partial charge in [0.25, 0.3) is 0 Å². The maximum atomic E-state index is 3.83. The normalized spacial score (nSPS) is 11.2. The Labute approximate surface area is 78.1 Å². The highest BCUT2D eigenvalue weighted by molar-refractivity contribution is 4.79. The van der Waals surface area contributed by atoms with Crippen LogP contribution in [0.3, 0.4) is 0 Å². The average molecular weight is 167 g/mol. The van der Waals surface area contributed by atoms with Crippen molar-refractivity contribution in [3.05, 3.63) is 19.1 Å². The highest BCUT2D eigenvalue weighted by Gasteiger charge is 1.87. The number of unbranched alkanes of at least 4 members (excludes halogenated alkanes) is 6. The van der Waals surface area contributed by atoms with E-state index in [0.717, 1.165) is 6.42 Å². The quantitative estimate of drug-likeness (QED) is 0.368. The van der Waals surface area contributed by atoms with Crippen LogP contribution in [0.25, 0.3) is 0 Å². The van der Waals surface area contributed by atoms with E-state index in [0.29, 0.717) is 0 Å². The fraction of sp³-hybridized carbons (Fsp3) is 0.750. The maximum Gasteiger partial charge on any atom is -0.0351 e. The Balaban J connectivity index is 2.86. The molecule has 0 saturated carbocycles. The van der Waals surface area contributed by atoms with Crippen molar-refractivity contribution in [1.82, 2.24) is 0 Å². The van der Waals surface area contributed by atoms with E-state index in [2.05, 4.69) is 26.0 Å². The summed E-state index contributed by atoms with van der Waals surface area (Å²) in [6.07, 6.45) is 15.0. The van der Waals surface area contributed by atoms with Gasteiger partial charge in [-0.25, -0.2) is 0 Å². The topological polar surface area (TPSA) is 0 Å². The largest absolute Gasteiger partial charge is 0.0888 e. The van der Waals surface area contributed by atoms with Crippen molar-refractivity contribution in [2.24, 2.45) is 0 Å². The van der Waals surface area contributed by atoms with E-state index in [-0.39, 0.29) is 0 Å². The average Bonchev–Trinajstić information content (AvgIpc) is 2.10. The SMILES string of the molecule is [CH2]CCCCCCC/C=C\CC. The second-order valence-corrected chi connectivity index (χ2v) is 3.29. The van der Waals surface area contributed by atoms with Gasteiger partial charge in [-0.05, 0) is 19.3 Å². The van der Waals surface area contributed by atoms with Crippen LogP contribution in [0.2, 0.25) is 0 Å². The number of allylic oxidation sites excluding steroid dienone is 2. The molecule has 0 aliphatic rings. The third-order valence-electron chi connectivity index (χ3n) is 2.02. The standard InChI is InChI=1S/C12H23/c1-3-5-7-9-11-12-10-8-6-4-2/h6,8H,1,3-5,7,9-12H2,2H3/b8-6-. The zero-order valence-corrected chi connectivity index (χ0v) is 8.52. The minimum absolute atomic E-state index is 1.11. The minimum Gasteiger partial charge on any atom is -0.0888 e. The van der Waals surface area contributed by atoms with Gasteiger partial charge in [-0.15, -0.1) is 0 Å². The Bertz CT molecular complexity index is 92.2. The van der Waals surface area contributed by atoms with E-state index in [9.17, 15) is 0 Å².